The van der Waals surface area contributed by atoms with E-state index in [0.29, 0.717) is 12.1 Å². The molecule has 150 valence electrons. The molecule has 0 saturated heterocycles. The van der Waals surface area contributed by atoms with Crippen molar-refractivity contribution in [3.05, 3.63) is 71.8 Å². The van der Waals surface area contributed by atoms with Gasteiger partial charge in [0.2, 0.25) is 5.91 Å². The minimum absolute atomic E-state index is 0.108. The van der Waals surface area contributed by atoms with Crippen LogP contribution >= 0.6 is 0 Å². The number of benzene rings is 2. The van der Waals surface area contributed by atoms with Gasteiger partial charge in [0.25, 0.3) is 0 Å². The molecule has 2 aromatic rings. The van der Waals surface area contributed by atoms with Crippen LogP contribution in [0.3, 0.4) is 0 Å². The van der Waals surface area contributed by atoms with Crippen LogP contribution in [0.15, 0.2) is 60.7 Å². The first-order chi connectivity index (χ1) is 13.6. The molecule has 1 fully saturated rings. The fourth-order valence-electron chi connectivity index (χ4n) is 4.61. The average molecular weight is 379 g/mol. The molecule has 28 heavy (non-hydrogen) atoms. The molecule has 1 aliphatic carbocycles. The maximum absolute atomic E-state index is 13.3. The summed E-state index contributed by atoms with van der Waals surface area (Å²) in [5.74, 6) is 0.108. The second-order valence-corrected chi connectivity index (χ2v) is 8.27. The largest absolute Gasteiger partial charge is 0.344 e. The van der Waals surface area contributed by atoms with Gasteiger partial charge in [0.05, 0.1) is 12.1 Å². The number of hydrogen-bond acceptors (Lipinski definition) is 2. The van der Waals surface area contributed by atoms with Crippen LogP contribution in [0.4, 0.5) is 0 Å². The molecule has 0 heterocycles. The van der Waals surface area contributed by atoms with Crippen molar-refractivity contribution in [2.45, 2.75) is 77.0 Å². The van der Waals surface area contributed by atoms with Gasteiger partial charge in [-0.1, -0.05) is 79.9 Å². The van der Waals surface area contributed by atoms with E-state index in [1.807, 2.05) is 36.4 Å². The van der Waals surface area contributed by atoms with Gasteiger partial charge in [-0.15, -0.1) is 0 Å². The third-order valence-corrected chi connectivity index (χ3v) is 5.97. The summed E-state index contributed by atoms with van der Waals surface area (Å²) in [4.78, 5) is 15.8. The molecule has 3 rings (SSSR count). The van der Waals surface area contributed by atoms with Crippen LogP contribution in [-0.4, -0.2) is 28.9 Å². The van der Waals surface area contributed by atoms with Gasteiger partial charge in [0.1, 0.15) is 0 Å². The summed E-state index contributed by atoms with van der Waals surface area (Å²) >= 11 is 0. The molecule has 1 amide bonds. The van der Waals surface area contributed by atoms with Crippen molar-refractivity contribution in [1.82, 2.24) is 10.2 Å². The zero-order chi connectivity index (χ0) is 19.9. The highest BCUT2D eigenvalue weighted by atomic mass is 16.2. The molecule has 1 unspecified atom stereocenters. The average Bonchev–Trinajstić information content (AvgIpc) is 2.73. The standard InChI is InChI=1S/C25H34N2O/c1-19(2)27(23-17-11-6-12-18-23)20(3)25(28)26-24(21-13-7-4-8-14-21)22-15-9-5-10-16-22/h4-5,7-10,13-16,19-20,23-24H,6,11-12,17-18H2,1-3H3,(H,26,28). The first-order valence-electron chi connectivity index (χ1n) is 10.8. The van der Waals surface area contributed by atoms with Crippen LogP contribution in [0.5, 0.6) is 0 Å². The minimum Gasteiger partial charge on any atom is -0.344 e. The lowest BCUT2D eigenvalue weighted by Gasteiger charge is -2.41. The second-order valence-electron chi connectivity index (χ2n) is 8.27. The summed E-state index contributed by atoms with van der Waals surface area (Å²) in [7, 11) is 0. The Kier molecular flexibility index (Phi) is 7.27. The predicted molar refractivity (Wildman–Crippen MR) is 116 cm³/mol. The number of nitrogens with one attached hydrogen (secondary N) is 1. The van der Waals surface area contributed by atoms with E-state index in [9.17, 15) is 4.79 Å². The smallest absolute Gasteiger partial charge is 0.237 e. The van der Waals surface area contributed by atoms with Crippen molar-refractivity contribution in [2.24, 2.45) is 0 Å². The molecule has 3 nitrogen and oxygen atoms in total. The highest BCUT2D eigenvalue weighted by Gasteiger charge is 2.32. The molecule has 0 bridgehead atoms. The van der Waals surface area contributed by atoms with Crippen molar-refractivity contribution < 1.29 is 4.79 Å². The number of nitrogens with zero attached hydrogens (tertiary/aromatic N) is 1. The van der Waals surface area contributed by atoms with Crippen molar-refractivity contribution in [3.8, 4) is 0 Å². The van der Waals surface area contributed by atoms with Gasteiger partial charge in [-0.05, 0) is 44.7 Å². The Bertz CT molecular complexity index is 683. The Morgan fingerprint density at radius 3 is 1.82 bits per heavy atom. The number of carbonyl (C=O) groups is 1. The maximum Gasteiger partial charge on any atom is 0.237 e. The van der Waals surface area contributed by atoms with Crippen LogP contribution < -0.4 is 5.32 Å². The summed E-state index contributed by atoms with van der Waals surface area (Å²) in [5, 5.41) is 3.34. The molecular formula is C25H34N2O. The Morgan fingerprint density at radius 1 is 0.857 bits per heavy atom. The molecule has 1 aliphatic rings. The third kappa shape index (κ3) is 5.02. The van der Waals surface area contributed by atoms with Crippen LogP contribution in [0.1, 0.15) is 70.0 Å². The van der Waals surface area contributed by atoms with E-state index < -0.39 is 0 Å². The topological polar surface area (TPSA) is 32.3 Å². The van der Waals surface area contributed by atoms with Crippen molar-refractivity contribution in [3.63, 3.8) is 0 Å². The fraction of sp³-hybridized carbons (Fsp3) is 0.480. The van der Waals surface area contributed by atoms with Crippen LogP contribution in [0.25, 0.3) is 0 Å². The SMILES string of the molecule is CC(C)N(C1CCCCC1)C(C)C(=O)NC(c1ccccc1)c1ccccc1. The van der Waals surface area contributed by atoms with Crippen molar-refractivity contribution >= 4 is 5.91 Å². The first kappa shape index (κ1) is 20.6. The molecule has 3 heteroatoms. The molecule has 2 aromatic carbocycles. The monoisotopic (exact) mass is 378 g/mol. The summed E-state index contributed by atoms with van der Waals surface area (Å²) in [6.45, 7) is 6.49. The van der Waals surface area contributed by atoms with Crippen molar-refractivity contribution in [2.75, 3.05) is 0 Å². The van der Waals surface area contributed by atoms with Gasteiger partial charge in [0, 0.05) is 12.1 Å². The van der Waals surface area contributed by atoms with Crippen LogP contribution in [0, 0.1) is 0 Å². The van der Waals surface area contributed by atoms with E-state index in [2.05, 4.69) is 55.3 Å². The van der Waals surface area contributed by atoms with Gasteiger partial charge >= 0.3 is 0 Å². The lowest BCUT2D eigenvalue weighted by Crippen LogP contribution is -2.53. The zero-order valence-electron chi connectivity index (χ0n) is 17.5. The van der Waals surface area contributed by atoms with E-state index in [-0.39, 0.29) is 18.0 Å². The Balaban J connectivity index is 1.80. The molecule has 0 aromatic heterocycles. The summed E-state index contributed by atoms with van der Waals surface area (Å²) in [6, 6.07) is 21.1. The minimum atomic E-state index is -0.141. The Hall–Kier alpha value is -2.13. The molecule has 1 atom stereocenters. The summed E-state index contributed by atoms with van der Waals surface area (Å²) < 4.78 is 0. The van der Waals surface area contributed by atoms with Gasteiger partial charge in [-0.2, -0.15) is 0 Å². The Morgan fingerprint density at radius 2 is 1.36 bits per heavy atom. The van der Waals surface area contributed by atoms with E-state index in [1.165, 1.54) is 32.1 Å². The van der Waals surface area contributed by atoms with Crippen LogP contribution in [-0.2, 0) is 4.79 Å². The normalized spacial score (nSPS) is 16.5. The van der Waals surface area contributed by atoms with Crippen LogP contribution in [0.2, 0.25) is 0 Å². The molecule has 0 radical (unpaired) electrons. The molecule has 0 aliphatic heterocycles. The molecule has 1 saturated carbocycles. The van der Waals surface area contributed by atoms with E-state index in [0.717, 1.165) is 11.1 Å². The quantitative estimate of drug-likeness (QED) is 0.707. The predicted octanol–water partition coefficient (Wildman–Crippen LogP) is 5.32. The molecule has 1 N–H and O–H groups in total. The highest BCUT2D eigenvalue weighted by molar-refractivity contribution is 5.82. The van der Waals surface area contributed by atoms with Gasteiger partial charge in [0.15, 0.2) is 0 Å². The highest BCUT2D eigenvalue weighted by Crippen LogP contribution is 2.27. The maximum atomic E-state index is 13.3. The third-order valence-electron chi connectivity index (χ3n) is 5.97. The van der Waals surface area contributed by atoms with E-state index in [1.54, 1.807) is 0 Å². The zero-order valence-corrected chi connectivity index (χ0v) is 17.5. The first-order valence-corrected chi connectivity index (χ1v) is 10.8. The van der Waals surface area contributed by atoms with Gasteiger partial charge < -0.3 is 5.32 Å². The second kappa shape index (κ2) is 9.88. The summed E-state index contributed by atoms with van der Waals surface area (Å²) in [5.41, 5.74) is 2.23. The van der Waals surface area contributed by atoms with Gasteiger partial charge in [-0.3, -0.25) is 9.69 Å². The number of amides is 1. The number of hydrogen-bond donors (Lipinski definition) is 1. The Labute approximate surface area is 170 Å². The molecular weight excluding hydrogens is 344 g/mol. The fourth-order valence-corrected chi connectivity index (χ4v) is 4.61. The molecule has 0 spiro atoms. The number of carbonyl (C=O) groups excluding carboxylic acids is 1. The van der Waals surface area contributed by atoms with Crippen molar-refractivity contribution in [1.29, 1.82) is 0 Å². The summed E-state index contributed by atoms with van der Waals surface area (Å²) in [6.07, 6.45) is 6.29. The van der Waals surface area contributed by atoms with E-state index >= 15 is 0 Å². The lowest BCUT2D eigenvalue weighted by atomic mass is 9.92. The lowest BCUT2D eigenvalue weighted by molar-refractivity contribution is -0.128. The number of rotatable bonds is 7. The van der Waals surface area contributed by atoms with E-state index in [4.69, 9.17) is 0 Å². The van der Waals surface area contributed by atoms with Gasteiger partial charge in [-0.25, -0.2) is 0 Å².